The van der Waals surface area contributed by atoms with E-state index in [4.69, 9.17) is 0 Å². The first-order valence-electron chi connectivity index (χ1n) is 8.14. The van der Waals surface area contributed by atoms with Crippen molar-refractivity contribution in [3.05, 3.63) is 76.6 Å². The first-order chi connectivity index (χ1) is 12.6. The standard InChI is InChI=1S/C19H18N4O2S/c1-13(17(24)20-12-14-8-4-2-5-9-14)26-19-21-18(25)16(22-23-19)15-10-6-3-7-11-15/h2-11,13H,12H2,1H3,(H,20,24)(H,21,23,25). The summed E-state index contributed by atoms with van der Waals surface area (Å²) in [5.74, 6) is -0.131. The molecule has 3 aromatic rings. The van der Waals surface area contributed by atoms with E-state index >= 15 is 0 Å². The highest BCUT2D eigenvalue weighted by Gasteiger charge is 2.16. The Morgan fingerprint density at radius 2 is 1.73 bits per heavy atom. The monoisotopic (exact) mass is 366 g/mol. The Labute approximate surface area is 155 Å². The largest absolute Gasteiger partial charge is 0.351 e. The molecule has 0 radical (unpaired) electrons. The SMILES string of the molecule is CC(Sc1nnc(-c2ccccc2)c(=O)[nH]1)C(=O)NCc1ccccc1. The van der Waals surface area contributed by atoms with E-state index in [2.05, 4.69) is 20.5 Å². The van der Waals surface area contributed by atoms with Crippen LogP contribution in [0, 0.1) is 0 Å². The van der Waals surface area contributed by atoms with Crippen molar-refractivity contribution in [2.24, 2.45) is 0 Å². The molecular weight excluding hydrogens is 348 g/mol. The average molecular weight is 366 g/mol. The molecule has 0 aliphatic heterocycles. The fourth-order valence-electron chi connectivity index (χ4n) is 2.31. The van der Waals surface area contributed by atoms with Crippen LogP contribution in [0.4, 0.5) is 0 Å². The van der Waals surface area contributed by atoms with Gasteiger partial charge < -0.3 is 5.32 Å². The molecule has 1 unspecified atom stereocenters. The zero-order valence-electron chi connectivity index (χ0n) is 14.2. The van der Waals surface area contributed by atoms with E-state index in [0.29, 0.717) is 17.3 Å². The summed E-state index contributed by atoms with van der Waals surface area (Å²) in [6.07, 6.45) is 0. The Morgan fingerprint density at radius 1 is 1.08 bits per heavy atom. The van der Waals surface area contributed by atoms with Gasteiger partial charge in [-0.2, -0.15) is 0 Å². The highest BCUT2D eigenvalue weighted by Crippen LogP contribution is 2.19. The van der Waals surface area contributed by atoms with Crippen molar-refractivity contribution >= 4 is 17.7 Å². The van der Waals surface area contributed by atoms with Crippen LogP contribution < -0.4 is 10.9 Å². The summed E-state index contributed by atoms with van der Waals surface area (Å²) >= 11 is 1.16. The molecule has 26 heavy (non-hydrogen) atoms. The third kappa shape index (κ3) is 4.58. The molecule has 3 rings (SSSR count). The number of amides is 1. The van der Waals surface area contributed by atoms with E-state index in [-0.39, 0.29) is 17.2 Å². The lowest BCUT2D eigenvalue weighted by molar-refractivity contribution is -0.120. The summed E-state index contributed by atoms with van der Waals surface area (Å²) in [4.78, 5) is 27.1. The second kappa shape index (κ2) is 8.44. The third-order valence-electron chi connectivity index (χ3n) is 3.69. The van der Waals surface area contributed by atoms with Gasteiger partial charge in [0.25, 0.3) is 5.56 Å². The van der Waals surface area contributed by atoms with Gasteiger partial charge in [-0.15, -0.1) is 10.2 Å². The Balaban J connectivity index is 1.62. The Bertz CT molecular complexity index is 929. The number of carbonyl (C=O) groups excluding carboxylic acids is 1. The van der Waals surface area contributed by atoms with Crippen LogP contribution in [0.25, 0.3) is 11.3 Å². The van der Waals surface area contributed by atoms with Crippen LogP contribution in [0.15, 0.2) is 70.6 Å². The molecule has 0 aliphatic carbocycles. The van der Waals surface area contributed by atoms with Crippen LogP contribution in [-0.2, 0) is 11.3 Å². The number of H-pyrrole nitrogens is 1. The van der Waals surface area contributed by atoms with Crippen LogP contribution >= 0.6 is 11.8 Å². The van der Waals surface area contributed by atoms with Gasteiger partial charge >= 0.3 is 0 Å². The number of rotatable bonds is 6. The van der Waals surface area contributed by atoms with Crippen molar-refractivity contribution < 1.29 is 4.79 Å². The lowest BCUT2D eigenvalue weighted by Crippen LogP contribution is -2.30. The van der Waals surface area contributed by atoms with E-state index in [1.54, 1.807) is 19.1 Å². The minimum absolute atomic E-state index is 0.131. The lowest BCUT2D eigenvalue weighted by atomic mass is 10.2. The molecule has 0 fully saturated rings. The van der Waals surface area contributed by atoms with Crippen molar-refractivity contribution in [3.63, 3.8) is 0 Å². The molecule has 6 nitrogen and oxygen atoms in total. The maximum Gasteiger partial charge on any atom is 0.278 e. The number of thioether (sulfide) groups is 1. The number of hydrogen-bond donors (Lipinski definition) is 2. The fourth-order valence-corrected chi connectivity index (χ4v) is 3.07. The number of hydrogen-bond acceptors (Lipinski definition) is 5. The van der Waals surface area contributed by atoms with Crippen molar-refractivity contribution in [3.8, 4) is 11.3 Å². The van der Waals surface area contributed by atoms with Gasteiger partial charge in [0.05, 0.1) is 5.25 Å². The normalized spacial score (nSPS) is 11.7. The Morgan fingerprint density at radius 3 is 2.38 bits per heavy atom. The molecule has 2 N–H and O–H groups in total. The van der Waals surface area contributed by atoms with Gasteiger partial charge in [-0.05, 0) is 12.5 Å². The highest BCUT2D eigenvalue weighted by molar-refractivity contribution is 8.00. The van der Waals surface area contributed by atoms with E-state index in [0.717, 1.165) is 17.3 Å². The van der Waals surface area contributed by atoms with Gasteiger partial charge in [0.2, 0.25) is 5.91 Å². The second-order valence-corrected chi connectivity index (χ2v) is 6.97. The summed E-state index contributed by atoms with van der Waals surface area (Å²) in [5.41, 5.74) is 1.66. The molecule has 1 heterocycles. The quantitative estimate of drug-likeness (QED) is 0.655. The first-order valence-corrected chi connectivity index (χ1v) is 9.02. The molecule has 2 aromatic carbocycles. The van der Waals surface area contributed by atoms with Gasteiger partial charge in [0.1, 0.15) is 0 Å². The number of benzene rings is 2. The molecule has 7 heteroatoms. The molecule has 0 saturated carbocycles. The van der Waals surface area contributed by atoms with Gasteiger partial charge in [0, 0.05) is 12.1 Å². The van der Waals surface area contributed by atoms with Gasteiger partial charge in [-0.3, -0.25) is 14.6 Å². The topological polar surface area (TPSA) is 87.7 Å². The van der Waals surface area contributed by atoms with Crippen LogP contribution in [-0.4, -0.2) is 26.3 Å². The Kier molecular flexibility index (Phi) is 5.80. The maximum absolute atomic E-state index is 12.2. The Hall–Kier alpha value is -2.93. The summed E-state index contributed by atoms with van der Waals surface area (Å²) in [6.45, 7) is 2.22. The van der Waals surface area contributed by atoms with Crippen molar-refractivity contribution in [2.75, 3.05) is 0 Å². The predicted octanol–water partition coefficient (Wildman–Crippen LogP) is 2.63. The zero-order chi connectivity index (χ0) is 18.4. The van der Waals surface area contributed by atoms with Crippen molar-refractivity contribution in [1.29, 1.82) is 0 Å². The number of aromatic nitrogens is 3. The molecule has 0 spiro atoms. The van der Waals surface area contributed by atoms with Gasteiger partial charge in [-0.25, -0.2) is 0 Å². The maximum atomic E-state index is 12.2. The molecular formula is C19H18N4O2S. The van der Waals surface area contributed by atoms with E-state index in [1.165, 1.54) is 0 Å². The highest BCUT2D eigenvalue weighted by atomic mass is 32.2. The first kappa shape index (κ1) is 17.9. The summed E-state index contributed by atoms with van der Waals surface area (Å²) in [5, 5.41) is 10.8. The van der Waals surface area contributed by atoms with Gasteiger partial charge in [0.15, 0.2) is 10.9 Å². The molecule has 1 amide bonds. The van der Waals surface area contributed by atoms with Crippen LogP contribution in [0.2, 0.25) is 0 Å². The molecule has 0 saturated heterocycles. The zero-order valence-corrected chi connectivity index (χ0v) is 15.0. The predicted molar refractivity (Wildman–Crippen MR) is 102 cm³/mol. The minimum atomic E-state index is -0.411. The van der Waals surface area contributed by atoms with Crippen LogP contribution in [0.5, 0.6) is 0 Å². The third-order valence-corrected chi connectivity index (χ3v) is 4.67. The molecule has 1 atom stereocenters. The number of nitrogens with zero attached hydrogens (tertiary/aromatic N) is 2. The van der Waals surface area contributed by atoms with Gasteiger partial charge in [-0.1, -0.05) is 72.4 Å². The number of carbonyl (C=O) groups is 1. The lowest BCUT2D eigenvalue weighted by Gasteiger charge is -2.11. The van der Waals surface area contributed by atoms with E-state index in [9.17, 15) is 9.59 Å². The summed E-state index contributed by atoms with van der Waals surface area (Å²) in [7, 11) is 0. The molecule has 132 valence electrons. The van der Waals surface area contributed by atoms with E-state index < -0.39 is 5.25 Å². The summed E-state index contributed by atoms with van der Waals surface area (Å²) in [6, 6.07) is 18.8. The second-order valence-electron chi connectivity index (χ2n) is 5.64. The van der Waals surface area contributed by atoms with Crippen molar-refractivity contribution in [1.82, 2.24) is 20.5 Å². The molecule has 0 bridgehead atoms. The average Bonchev–Trinajstić information content (AvgIpc) is 2.67. The number of nitrogens with one attached hydrogen (secondary N) is 2. The smallest absolute Gasteiger partial charge is 0.278 e. The molecule has 1 aromatic heterocycles. The van der Waals surface area contributed by atoms with Crippen LogP contribution in [0.3, 0.4) is 0 Å². The fraction of sp³-hybridized carbons (Fsp3) is 0.158. The summed E-state index contributed by atoms with van der Waals surface area (Å²) < 4.78 is 0. The van der Waals surface area contributed by atoms with Crippen molar-refractivity contribution in [2.45, 2.75) is 23.9 Å². The van der Waals surface area contributed by atoms with E-state index in [1.807, 2.05) is 48.5 Å². The van der Waals surface area contributed by atoms with Crippen LogP contribution in [0.1, 0.15) is 12.5 Å². The minimum Gasteiger partial charge on any atom is -0.351 e. The number of aromatic amines is 1. The molecule has 0 aliphatic rings.